The topological polar surface area (TPSA) is 0 Å². The van der Waals surface area contributed by atoms with E-state index in [9.17, 15) is 0 Å². The lowest BCUT2D eigenvalue weighted by Gasteiger charge is -2.06. The van der Waals surface area contributed by atoms with E-state index in [1.165, 1.54) is 11.1 Å². The summed E-state index contributed by atoms with van der Waals surface area (Å²) in [5.74, 6) is 0.559. The Morgan fingerprint density at radius 2 is 1.35 bits per heavy atom. The average molecular weight is 265 g/mol. The van der Waals surface area contributed by atoms with Crippen molar-refractivity contribution in [2.24, 2.45) is 0 Å². The van der Waals surface area contributed by atoms with E-state index < -0.39 is 0 Å². The lowest BCUT2D eigenvalue weighted by molar-refractivity contribution is 1.08. The molecule has 0 heterocycles. The second-order valence-corrected chi connectivity index (χ2v) is 4.99. The van der Waals surface area contributed by atoms with Crippen LogP contribution in [0.25, 0.3) is 11.1 Å². The fourth-order valence-electron chi connectivity index (χ4n) is 1.73. The zero-order valence-corrected chi connectivity index (χ0v) is 11.2. The fourth-order valence-corrected chi connectivity index (χ4v) is 2.05. The number of halogens is 2. The third kappa shape index (κ3) is 3.02. The maximum absolute atomic E-state index is 6.03. The minimum Gasteiger partial charge on any atom is -0.122 e. The highest BCUT2D eigenvalue weighted by molar-refractivity contribution is 6.20. The van der Waals surface area contributed by atoms with E-state index in [-0.39, 0.29) is 5.38 Å². The van der Waals surface area contributed by atoms with Crippen LogP contribution in [0.1, 0.15) is 23.4 Å². The van der Waals surface area contributed by atoms with Crippen LogP contribution >= 0.6 is 23.2 Å². The van der Waals surface area contributed by atoms with Crippen molar-refractivity contribution in [1.82, 2.24) is 0 Å². The maximum atomic E-state index is 6.03. The average Bonchev–Trinajstić information content (AvgIpc) is 2.39. The first kappa shape index (κ1) is 12.5. The number of hydrogen-bond donors (Lipinski definition) is 0. The summed E-state index contributed by atoms with van der Waals surface area (Å²) in [6.45, 7) is 1.98. The van der Waals surface area contributed by atoms with Gasteiger partial charge in [0.15, 0.2) is 0 Å². The van der Waals surface area contributed by atoms with Gasteiger partial charge in [-0.2, -0.15) is 0 Å². The summed E-state index contributed by atoms with van der Waals surface area (Å²) in [6.07, 6.45) is 0. The second kappa shape index (κ2) is 5.57. The van der Waals surface area contributed by atoms with E-state index in [0.717, 1.165) is 11.1 Å². The molecule has 0 saturated carbocycles. The van der Waals surface area contributed by atoms with Gasteiger partial charge in [0.05, 0.1) is 5.38 Å². The molecule has 0 spiro atoms. The first-order valence-electron chi connectivity index (χ1n) is 5.60. The Hall–Kier alpha value is -0.980. The van der Waals surface area contributed by atoms with Gasteiger partial charge in [-0.25, -0.2) is 0 Å². The Morgan fingerprint density at radius 1 is 0.882 bits per heavy atom. The van der Waals surface area contributed by atoms with Crippen LogP contribution in [0.5, 0.6) is 0 Å². The summed E-state index contributed by atoms with van der Waals surface area (Å²) in [5, 5.41) is 0.0580. The SMILES string of the molecule is C[C@H](Cl)c1ccc(-c2ccc(CCl)cc2)cc1. The third-order valence-electron chi connectivity index (χ3n) is 2.81. The van der Waals surface area contributed by atoms with Crippen LogP contribution in [0.2, 0.25) is 0 Å². The largest absolute Gasteiger partial charge is 0.122 e. The van der Waals surface area contributed by atoms with Crippen molar-refractivity contribution in [1.29, 1.82) is 0 Å². The van der Waals surface area contributed by atoms with Gasteiger partial charge in [-0.15, -0.1) is 23.2 Å². The van der Waals surface area contributed by atoms with Crippen LogP contribution in [0.4, 0.5) is 0 Å². The van der Waals surface area contributed by atoms with Gasteiger partial charge >= 0.3 is 0 Å². The van der Waals surface area contributed by atoms with Crippen molar-refractivity contribution in [3.63, 3.8) is 0 Å². The van der Waals surface area contributed by atoms with Crippen LogP contribution in [0.15, 0.2) is 48.5 Å². The Balaban J connectivity index is 2.26. The van der Waals surface area contributed by atoms with Crippen LogP contribution < -0.4 is 0 Å². The number of benzene rings is 2. The summed E-state index contributed by atoms with van der Waals surface area (Å²) < 4.78 is 0. The smallest absolute Gasteiger partial charge is 0.0557 e. The van der Waals surface area contributed by atoms with Crippen LogP contribution in [0, 0.1) is 0 Å². The quantitative estimate of drug-likeness (QED) is 0.652. The first-order valence-corrected chi connectivity index (χ1v) is 6.57. The molecule has 0 N–H and O–H groups in total. The van der Waals surface area contributed by atoms with E-state index in [1.807, 2.05) is 6.92 Å². The zero-order chi connectivity index (χ0) is 12.3. The molecule has 0 saturated heterocycles. The highest BCUT2D eigenvalue weighted by Crippen LogP contribution is 2.24. The lowest BCUT2D eigenvalue weighted by atomic mass is 10.0. The van der Waals surface area contributed by atoms with Crippen LogP contribution in [0.3, 0.4) is 0 Å². The van der Waals surface area contributed by atoms with Gasteiger partial charge in [-0.3, -0.25) is 0 Å². The summed E-state index contributed by atoms with van der Waals surface area (Å²) in [7, 11) is 0. The minimum atomic E-state index is 0.0580. The van der Waals surface area contributed by atoms with E-state index in [4.69, 9.17) is 23.2 Å². The van der Waals surface area contributed by atoms with Crippen molar-refractivity contribution < 1.29 is 0 Å². The molecule has 0 aromatic heterocycles. The van der Waals surface area contributed by atoms with E-state index >= 15 is 0 Å². The predicted octanol–water partition coefficient (Wildman–Crippen LogP) is 5.39. The Morgan fingerprint density at radius 3 is 1.76 bits per heavy atom. The molecule has 17 heavy (non-hydrogen) atoms. The molecule has 1 atom stereocenters. The van der Waals surface area contributed by atoms with Gasteiger partial charge in [0.1, 0.15) is 0 Å². The van der Waals surface area contributed by atoms with Crippen molar-refractivity contribution in [3.8, 4) is 11.1 Å². The van der Waals surface area contributed by atoms with Gasteiger partial charge in [-0.05, 0) is 29.2 Å². The molecule has 2 aromatic carbocycles. The predicted molar refractivity (Wildman–Crippen MR) is 75.7 cm³/mol. The monoisotopic (exact) mass is 264 g/mol. The summed E-state index contributed by atoms with van der Waals surface area (Å²) >= 11 is 11.8. The molecule has 0 aliphatic rings. The maximum Gasteiger partial charge on any atom is 0.0557 e. The lowest BCUT2D eigenvalue weighted by Crippen LogP contribution is -1.85. The highest BCUT2D eigenvalue weighted by atomic mass is 35.5. The van der Waals surface area contributed by atoms with Crippen molar-refractivity contribution in [3.05, 3.63) is 59.7 Å². The highest BCUT2D eigenvalue weighted by Gasteiger charge is 2.02. The normalized spacial score (nSPS) is 12.4. The molecule has 0 amide bonds. The summed E-state index contributed by atoms with van der Waals surface area (Å²) in [4.78, 5) is 0. The Labute approximate surface area is 112 Å². The summed E-state index contributed by atoms with van der Waals surface area (Å²) in [6, 6.07) is 16.6. The molecule has 0 radical (unpaired) electrons. The standard InChI is InChI=1S/C15H14Cl2/c1-11(17)13-6-8-15(9-7-13)14-4-2-12(10-16)3-5-14/h2-9,11H,10H2,1H3/t11-/m0/s1. The molecule has 2 heteroatoms. The van der Waals surface area contributed by atoms with Gasteiger partial charge in [-0.1, -0.05) is 48.5 Å². The summed E-state index contributed by atoms with van der Waals surface area (Å²) in [5.41, 5.74) is 4.69. The molecule has 88 valence electrons. The van der Waals surface area contributed by atoms with Gasteiger partial charge in [0.25, 0.3) is 0 Å². The van der Waals surface area contributed by atoms with Gasteiger partial charge in [0.2, 0.25) is 0 Å². The molecular weight excluding hydrogens is 251 g/mol. The number of alkyl halides is 2. The van der Waals surface area contributed by atoms with Crippen LogP contribution in [-0.4, -0.2) is 0 Å². The van der Waals surface area contributed by atoms with E-state index in [2.05, 4.69) is 48.5 Å². The molecule has 0 bridgehead atoms. The van der Waals surface area contributed by atoms with Crippen molar-refractivity contribution in [2.45, 2.75) is 18.2 Å². The Bertz CT molecular complexity index is 469. The number of hydrogen-bond acceptors (Lipinski definition) is 0. The van der Waals surface area contributed by atoms with Gasteiger partial charge in [0, 0.05) is 5.88 Å². The Kier molecular flexibility index (Phi) is 4.09. The molecule has 0 fully saturated rings. The molecular formula is C15H14Cl2. The molecule has 0 aliphatic heterocycles. The zero-order valence-electron chi connectivity index (χ0n) is 9.66. The molecule has 2 rings (SSSR count). The molecule has 0 nitrogen and oxygen atoms in total. The van der Waals surface area contributed by atoms with E-state index in [0.29, 0.717) is 5.88 Å². The van der Waals surface area contributed by atoms with E-state index in [1.54, 1.807) is 0 Å². The molecule has 0 unspecified atom stereocenters. The van der Waals surface area contributed by atoms with Crippen LogP contribution in [-0.2, 0) is 5.88 Å². The number of rotatable bonds is 3. The molecule has 2 aromatic rings. The second-order valence-electron chi connectivity index (χ2n) is 4.07. The first-order chi connectivity index (χ1) is 8.20. The minimum absolute atomic E-state index is 0.0580. The molecule has 0 aliphatic carbocycles. The fraction of sp³-hybridized carbons (Fsp3) is 0.200. The van der Waals surface area contributed by atoms with Crippen molar-refractivity contribution in [2.75, 3.05) is 0 Å². The third-order valence-corrected chi connectivity index (χ3v) is 3.37. The van der Waals surface area contributed by atoms with Gasteiger partial charge < -0.3 is 0 Å². The van der Waals surface area contributed by atoms with Crippen molar-refractivity contribution >= 4 is 23.2 Å².